The van der Waals surface area contributed by atoms with E-state index in [-0.39, 0.29) is 5.56 Å². The predicted molar refractivity (Wildman–Crippen MR) is 58.8 cm³/mol. The number of hydrogen-bond donors (Lipinski definition) is 0. The van der Waals surface area contributed by atoms with Crippen LogP contribution in [0.3, 0.4) is 0 Å². The lowest BCUT2D eigenvalue weighted by atomic mass is 10.2. The molecule has 0 spiro atoms. The lowest BCUT2D eigenvalue weighted by molar-refractivity contribution is 0.754. The molecule has 2 rings (SSSR count). The third kappa shape index (κ3) is 2.15. The molecule has 78 valence electrons. The first kappa shape index (κ1) is 10.1. The fraction of sp³-hybridized carbons (Fsp3) is 0.0833. The van der Waals surface area contributed by atoms with Gasteiger partial charge in [-0.2, -0.15) is 5.26 Å². The molecule has 4 heteroatoms. The fourth-order valence-electron chi connectivity index (χ4n) is 1.41. The van der Waals surface area contributed by atoms with Crippen molar-refractivity contribution >= 4 is 0 Å². The zero-order valence-electron chi connectivity index (χ0n) is 8.50. The summed E-state index contributed by atoms with van der Waals surface area (Å²) in [6.45, 7) is 0.433. The van der Waals surface area contributed by atoms with Gasteiger partial charge in [0.25, 0.3) is 5.56 Å². The van der Waals surface area contributed by atoms with Crippen LogP contribution in [0.5, 0.6) is 0 Å². The Balaban J connectivity index is 2.35. The van der Waals surface area contributed by atoms with Crippen molar-refractivity contribution in [3.05, 3.63) is 64.3 Å². The quantitative estimate of drug-likeness (QED) is 0.749. The van der Waals surface area contributed by atoms with Gasteiger partial charge in [0, 0.05) is 24.7 Å². The van der Waals surface area contributed by atoms with Crippen LogP contribution in [0.4, 0.5) is 0 Å². The van der Waals surface area contributed by atoms with Gasteiger partial charge in [-0.25, -0.2) is 0 Å². The summed E-state index contributed by atoms with van der Waals surface area (Å²) in [6, 6.07) is 8.62. The van der Waals surface area contributed by atoms with Gasteiger partial charge in [-0.15, -0.1) is 0 Å². The molecule has 0 saturated heterocycles. The molecule has 0 N–H and O–H groups in total. The molecule has 0 aliphatic carbocycles. The Morgan fingerprint density at radius 2 is 2.25 bits per heavy atom. The highest BCUT2D eigenvalue weighted by atomic mass is 16.1. The third-order valence-electron chi connectivity index (χ3n) is 2.19. The van der Waals surface area contributed by atoms with Gasteiger partial charge in [-0.05, 0) is 17.7 Å². The van der Waals surface area contributed by atoms with Crippen LogP contribution in [0.15, 0.2) is 47.7 Å². The molecule has 0 amide bonds. The molecule has 2 heterocycles. The molecular weight excluding hydrogens is 202 g/mol. The molecule has 4 nitrogen and oxygen atoms in total. The summed E-state index contributed by atoms with van der Waals surface area (Å²) < 4.78 is 1.50. The van der Waals surface area contributed by atoms with Crippen molar-refractivity contribution in [1.29, 1.82) is 5.26 Å². The summed E-state index contributed by atoms with van der Waals surface area (Å²) in [4.78, 5) is 15.5. The first-order chi connectivity index (χ1) is 7.79. The van der Waals surface area contributed by atoms with Crippen molar-refractivity contribution in [2.75, 3.05) is 0 Å². The summed E-state index contributed by atoms with van der Waals surface area (Å²) in [5.74, 6) is 0. The largest absolute Gasteiger partial charge is 0.310 e. The first-order valence-electron chi connectivity index (χ1n) is 4.79. The monoisotopic (exact) mass is 211 g/mol. The van der Waals surface area contributed by atoms with Crippen LogP contribution in [0.1, 0.15) is 11.1 Å². The molecule has 0 aliphatic rings. The smallest absolute Gasteiger partial charge is 0.250 e. The Labute approximate surface area is 92.4 Å². The summed E-state index contributed by atoms with van der Waals surface area (Å²) in [7, 11) is 0. The second-order valence-electron chi connectivity index (χ2n) is 3.36. The lowest BCUT2D eigenvalue weighted by Gasteiger charge is -2.04. The van der Waals surface area contributed by atoms with Crippen LogP contribution >= 0.6 is 0 Å². The van der Waals surface area contributed by atoms with E-state index in [2.05, 4.69) is 4.98 Å². The molecule has 0 atom stereocenters. The zero-order valence-corrected chi connectivity index (χ0v) is 8.50. The van der Waals surface area contributed by atoms with Crippen LogP contribution in [0.2, 0.25) is 0 Å². The van der Waals surface area contributed by atoms with E-state index in [1.165, 1.54) is 16.7 Å². The minimum Gasteiger partial charge on any atom is -0.310 e. The number of nitrogens with zero attached hydrogens (tertiary/aromatic N) is 3. The second-order valence-corrected chi connectivity index (χ2v) is 3.36. The highest BCUT2D eigenvalue weighted by Crippen LogP contribution is 2.00. The number of hydrogen-bond acceptors (Lipinski definition) is 3. The fourth-order valence-corrected chi connectivity index (χ4v) is 1.41. The second kappa shape index (κ2) is 4.41. The van der Waals surface area contributed by atoms with Crippen molar-refractivity contribution in [1.82, 2.24) is 9.55 Å². The first-order valence-corrected chi connectivity index (χ1v) is 4.79. The Kier molecular flexibility index (Phi) is 2.79. The zero-order chi connectivity index (χ0) is 11.4. The van der Waals surface area contributed by atoms with Crippen molar-refractivity contribution in [3.63, 3.8) is 0 Å². The molecule has 2 aromatic rings. The van der Waals surface area contributed by atoms with E-state index in [0.29, 0.717) is 12.1 Å². The Morgan fingerprint density at radius 1 is 1.38 bits per heavy atom. The normalized spacial score (nSPS) is 9.69. The standard InChI is InChI=1S/C12H9N3O/c13-6-10-3-4-12(16)15(8-10)9-11-2-1-5-14-7-11/h1-5,7-8H,9H2. The van der Waals surface area contributed by atoms with Gasteiger partial charge in [-0.3, -0.25) is 9.78 Å². The van der Waals surface area contributed by atoms with Crippen LogP contribution < -0.4 is 5.56 Å². The van der Waals surface area contributed by atoms with E-state index in [1.807, 2.05) is 18.2 Å². The van der Waals surface area contributed by atoms with Crippen molar-refractivity contribution in [2.45, 2.75) is 6.54 Å². The van der Waals surface area contributed by atoms with Gasteiger partial charge < -0.3 is 4.57 Å². The van der Waals surface area contributed by atoms with Crippen LogP contribution in [-0.2, 0) is 6.54 Å². The Hall–Kier alpha value is -2.41. The van der Waals surface area contributed by atoms with Gasteiger partial charge in [0.05, 0.1) is 12.1 Å². The van der Waals surface area contributed by atoms with E-state index in [0.717, 1.165) is 5.56 Å². The molecule has 0 aromatic carbocycles. The van der Waals surface area contributed by atoms with Gasteiger partial charge in [0.2, 0.25) is 0 Å². The number of nitriles is 1. The Morgan fingerprint density at radius 3 is 2.94 bits per heavy atom. The molecule has 0 saturated carbocycles. The summed E-state index contributed by atoms with van der Waals surface area (Å²) >= 11 is 0. The van der Waals surface area contributed by atoms with Gasteiger partial charge in [-0.1, -0.05) is 6.07 Å². The predicted octanol–water partition coefficient (Wildman–Crippen LogP) is 1.16. The number of rotatable bonds is 2. The molecular formula is C12H9N3O. The maximum atomic E-state index is 11.5. The van der Waals surface area contributed by atoms with E-state index in [1.54, 1.807) is 18.6 Å². The topological polar surface area (TPSA) is 58.7 Å². The molecule has 0 aliphatic heterocycles. The lowest BCUT2D eigenvalue weighted by Crippen LogP contribution is -2.19. The summed E-state index contributed by atoms with van der Waals surface area (Å²) in [5, 5.41) is 8.74. The Bertz CT molecular complexity index is 581. The average molecular weight is 211 g/mol. The highest BCUT2D eigenvalue weighted by molar-refractivity contribution is 5.25. The van der Waals surface area contributed by atoms with E-state index in [9.17, 15) is 4.79 Å². The number of pyridine rings is 2. The van der Waals surface area contributed by atoms with Crippen LogP contribution in [-0.4, -0.2) is 9.55 Å². The maximum Gasteiger partial charge on any atom is 0.250 e. The van der Waals surface area contributed by atoms with E-state index < -0.39 is 0 Å². The SMILES string of the molecule is N#Cc1ccc(=O)n(Cc2cccnc2)c1. The average Bonchev–Trinajstić information content (AvgIpc) is 2.33. The summed E-state index contributed by atoms with van der Waals surface area (Å²) in [6.07, 6.45) is 4.93. The third-order valence-corrected chi connectivity index (χ3v) is 2.19. The van der Waals surface area contributed by atoms with E-state index in [4.69, 9.17) is 5.26 Å². The molecule has 0 fully saturated rings. The van der Waals surface area contributed by atoms with Crippen LogP contribution in [0.25, 0.3) is 0 Å². The van der Waals surface area contributed by atoms with Gasteiger partial charge in [0.1, 0.15) is 6.07 Å². The molecule has 0 unspecified atom stereocenters. The number of aromatic nitrogens is 2. The van der Waals surface area contributed by atoms with E-state index >= 15 is 0 Å². The molecule has 16 heavy (non-hydrogen) atoms. The van der Waals surface area contributed by atoms with Gasteiger partial charge in [0.15, 0.2) is 0 Å². The highest BCUT2D eigenvalue weighted by Gasteiger charge is 1.99. The summed E-state index contributed by atoms with van der Waals surface area (Å²) in [5.41, 5.74) is 1.28. The van der Waals surface area contributed by atoms with Crippen molar-refractivity contribution in [3.8, 4) is 6.07 Å². The molecule has 0 radical (unpaired) electrons. The van der Waals surface area contributed by atoms with Gasteiger partial charge >= 0.3 is 0 Å². The maximum absolute atomic E-state index is 11.5. The minimum absolute atomic E-state index is 0.122. The van der Waals surface area contributed by atoms with Crippen LogP contribution in [0, 0.1) is 11.3 Å². The minimum atomic E-state index is -0.122. The van der Waals surface area contributed by atoms with Crippen molar-refractivity contribution < 1.29 is 0 Å². The molecule has 0 bridgehead atoms. The van der Waals surface area contributed by atoms with Crippen molar-refractivity contribution in [2.24, 2.45) is 0 Å². The molecule has 2 aromatic heterocycles.